The van der Waals surface area contributed by atoms with Gasteiger partial charge in [-0.15, -0.1) is 0 Å². The van der Waals surface area contributed by atoms with Crippen molar-refractivity contribution in [2.75, 3.05) is 6.54 Å². The quantitative estimate of drug-likeness (QED) is 0.219. The Morgan fingerprint density at radius 3 is 2.62 bits per heavy atom. The molecule has 1 amide bonds. The van der Waals surface area contributed by atoms with Gasteiger partial charge in [0.05, 0.1) is 51.4 Å². The molecule has 0 spiro atoms. The fraction of sp³-hybridized carbons (Fsp3) is 0.472. The van der Waals surface area contributed by atoms with Crippen molar-refractivity contribution in [2.45, 2.75) is 87.8 Å². The average molecular weight is 677 g/mol. The van der Waals surface area contributed by atoms with Gasteiger partial charge in [-0.1, -0.05) is 35.3 Å². The Balaban J connectivity index is 1.36. The van der Waals surface area contributed by atoms with Crippen molar-refractivity contribution in [3.63, 3.8) is 0 Å². The number of benzene rings is 2. The van der Waals surface area contributed by atoms with Gasteiger partial charge in [0.2, 0.25) is 0 Å². The minimum atomic E-state index is -1.79. The molecule has 3 aliphatic heterocycles. The Morgan fingerprint density at radius 1 is 1.17 bits per heavy atom. The molecule has 6 aliphatic rings. The van der Waals surface area contributed by atoms with Gasteiger partial charge >= 0.3 is 0 Å². The molecule has 0 radical (unpaired) electrons. The number of carbonyl (C=O) groups excluding carboxylic acids is 1. The van der Waals surface area contributed by atoms with Crippen LogP contribution in [0.5, 0.6) is 0 Å². The third kappa shape index (κ3) is 4.14. The van der Waals surface area contributed by atoms with Gasteiger partial charge in [0.25, 0.3) is 5.91 Å². The lowest BCUT2D eigenvalue weighted by atomic mass is 9.79. The van der Waals surface area contributed by atoms with Crippen LogP contribution in [0.25, 0.3) is 32.9 Å². The summed E-state index contributed by atoms with van der Waals surface area (Å²) in [5, 5.41) is 26.5. The Labute approximate surface area is 280 Å². The second-order valence-electron chi connectivity index (χ2n) is 14.4. The van der Waals surface area contributed by atoms with Gasteiger partial charge in [0, 0.05) is 46.2 Å². The highest BCUT2D eigenvalue weighted by Gasteiger charge is 2.62. The molecule has 47 heavy (non-hydrogen) atoms. The number of nitrogens with zero attached hydrogens (tertiary/aromatic N) is 4. The monoisotopic (exact) mass is 675 g/mol. The van der Waals surface area contributed by atoms with Crippen LogP contribution in [0, 0.1) is 29.0 Å². The number of hydrogen-bond donors (Lipinski definition) is 2. The number of halogens is 4. The maximum atomic E-state index is 17.2. The fourth-order valence-electron chi connectivity index (χ4n) is 8.83. The molecule has 242 valence electrons. The van der Waals surface area contributed by atoms with E-state index < -0.39 is 29.4 Å². The van der Waals surface area contributed by atoms with Crippen molar-refractivity contribution in [1.82, 2.24) is 19.8 Å². The van der Waals surface area contributed by atoms with Gasteiger partial charge in [-0.2, -0.15) is 5.26 Å². The fourth-order valence-corrected chi connectivity index (χ4v) is 9.22. The molecule has 2 N–H and O–H groups in total. The SMILES string of the molecule is CC(O)c1nc2c(F)c(-c3cccc(Cl)c3Cl)c(C(C)C#N)cc2c2c1cc([C@H]1C[C@H]3C[C@H]3N1C(=O)C1(F)CC1)n2[C@H]1[C@H]2CN[C@@H]1C2. The molecule has 3 aliphatic carbocycles. The van der Waals surface area contributed by atoms with E-state index in [9.17, 15) is 15.2 Å². The van der Waals surface area contributed by atoms with Crippen LogP contribution in [-0.4, -0.2) is 49.8 Å². The highest BCUT2D eigenvalue weighted by atomic mass is 35.5. The molecule has 2 aromatic carbocycles. The molecule has 2 unspecified atom stereocenters. The highest BCUT2D eigenvalue weighted by Crippen LogP contribution is 2.59. The summed E-state index contributed by atoms with van der Waals surface area (Å²) >= 11 is 13.0. The number of likely N-dealkylation sites (tertiary alicyclic amines) is 1. The van der Waals surface area contributed by atoms with Crippen LogP contribution in [0.2, 0.25) is 10.0 Å². The van der Waals surface area contributed by atoms with E-state index in [1.54, 1.807) is 36.9 Å². The predicted molar refractivity (Wildman–Crippen MR) is 175 cm³/mol. The van der Waals surface area contributed by atoms with Crippen LogP contribution >= 0.6 is 23.2 Å². The highest BCUT2D eigenvalue weighted by molar-refractivity contribution is 6.43. The summed E-state index contributed by atoms with van der Waals surface area (Å²) in [5.74, 6) is -1.12. The topological polar surface area (TPSA) is 94.2 Å². The molecule has 2 bridgehead atoms. The number of aliphatic hydroxyl groups excluding tert-OH is 1. The number of aliphatic hydroxyl groups is 1. The Kier molecular flexibility index (Phi) is 6.42. The van der Waals surface area contributed by atoms with E-state index in [0.29, 0.717) is 44.9 Å². The number of hydrogen-bond acceptors (Lipinski definition) is 5. The summed E-state index contributed by atoms with van der Waals surface area (Å²) in [7, 11) is 0. The molecule has 5 heterocycles. The number of nitrogens with one attached hydrogen (secondary N) is 1. The van der Waals surface area contributed by atoms with E-state index in [-0.39, 0.29) is 58.1 Å². The van der Waals surface area contributed by atoms with Crippen molar-refractivity contribution in [2.24, 2.45) is 11.8 Å². The molecule has 7 nitrogen and oxygen atoms in total. The summed E-state index contributed by atoms with van der Waals surface area (Å²) in [4.78, 5) is 20.2. The van der Waals surface area contributed by atoms with E-state index >= 15 is 8.78 Å². The number of fused-ring (bicyclic) bond motifs is 5. The van der Waals surface area contributed by atoms with Crippen LogP contribution in [0.15, 0.2) is 30.3 Å². The average Bonchev–Trinajstić information content (AvgIpc) is 3.68. The largest absolute Gasteiger partial charge is 0.387 e. The number of aromatic nitrogens is 2. The summed E-state index contributed by atoms with van der Waals surface area (Å²) in [6.07, 6.45) is 2.09. The lowest BCUT2D eigenvalue weighted by Crippen LogP contribution is -2.43. The second-order valence-corrected chi connectivity index (χ2v) is 15.2. The van der Waals surface area contributed by atoms with Gasteiger partial charge in [0.15, 0.2) is 11.5 Å². The molecule has 8 atom stereocenters. The zero-order valence-corrected chi connectivity index (χ0v) is 27.4. The molecule has 6 fully saturated rings. The number of rotatable bonds is 6. The van der Waals surface area contributed by atoms with Crippen molar-refractivity contribution in [3.05, 3.63) is 63.1 Å². The predicted octanol–water partition coefficient (Wildman–Crippen LogP) is 7.68. The molecule has 2 aromatic heterocycles. The smallest absolute Gasteiger partial charge is 0.261 e. The number of carbonyl (C=O) groups is 1. The van der Waals surface area contributed by atoms with Crippen molar-refractivity contribution >= 4 is 50.9 Å². The molecule has 4 aromatic rings. The third-order valence-corrected chi connectivity index (χ3v) is 12.3. The second kappa shape index (κ2) is 10.1. The molecule has 3 saturated heterocycles. The number of amides is 1. The lowest BCUT2D eigenvalue weighted by molar-refractivity contribution is -0.140. The van der Waals surface area contributed by atoms with E-state index in [4.69, 9.17) is 28.2 Å². The zero-order chi connectivity index (χ0) is 32.7. The molecular weight excluding hydrogens is 643 g/mol. The summed E-state index contributed by atoms with van der Waals surface area (Å²) in [6, 6.07) is 11.0. The van der Waals surface area contributed by atoms with Gasteiger partial charge < -0.3 is 19.9 Å². The third-order valence-electron chi connectivity index (χ3n) is 11.5. The van der Waals surface area contributed by atoms with E-state index in [1.165, 1.54) is 0 Å². The Hall–Kier alpha value is -3.29. The summed E-state index contributed by atoms with van der Waals surface area (Å²) in [6.45, 7) is 4.17. The van der Waals surface area contributed by atoms with Crippen LogP contribution in [0.3, 0.4) is 0 Å². The molecular formula is C36H33Cl2F2N5O2. The first-order valence-corrected chi connectivity index (χ1v) is 17.3. The van der Waals surface area contributed by atoms with Crippen molar-refractivity contribution < 1.29 is 18.7 Å². The van der Waals surface area contributed by atoms with Crippen LogP contribution in [0.1, 0.15) is 87.0 Å². The van der Waals surface area contributed by atoms with Gasteiger partial charge in [0.1, 0.15) is 5.52 Å². The molecule has 3 saturated carbocycles. The van der Waals surface area contributed by atoms with Gasteiger partial charge in [-0.25, -0.2) is 13.8 Å². The summed E-state index contributed by atoms with van der Waals surface area (Å²) in [5.41, 5.74) is 1.14. The van der Waals surface area contributed by atoms with E-state index in [0.717, 1.165) is 31.5 Å². The van der Waals surface area contributed by atoms with Crippen molar-refractivity contribution in [1.29, 1.82) is 5.26 Å². The molecule has 11 heteroatoms. The minimum Gasteiger partial charge on any atom is -0.387 e. The zero-order valence-electron chi connectivity index (χ0n) is 25.9. The summed E-state index contributed by atoms with van der Waals surface area (Å²) < 4.78 is 34.8. The van der Waals surface area contributed by atoms with E-state index in [1.807, 2.05) is 12.1 Å². The van der Waals surface area contributed by atoms with E-state index in [2.05, 4.69) is 16.0 Å². The Morgan fingerprint density at radius 2 is 1.96 bits per heavy atom. The minimum absolute atomic E-state index is 0.0278. The lowest BCUT2D eigenvalue weighted by Gasteiger charge is -2.40. The maximum Gasteiger partial charge on any atom is 0.261 e. The number of pyridine rings is 1. The first kappa shape index (κ1) is 29.8. The number of alkyl halides is 1. The number of nitriles is 1. The number of piperidine rings is 1. The van der Waals surface area contributed by atoms with Crippen LogP contribution in [0.4, 0.5) is 8.78 Å². The van der Waals surface area contributed by atoms with Crippen LogP contribution in [-0.2, 0) is 4.79 Å². The first-order chi connectivity index (χ1) is 22.5. The molecule has 10 rings (SSSR count). The van der Waals surface area contributed by atoms with Gasteiger partial charge in [-0.3, -0.25) is 4.79 Å². The normalized spacial score (nSPS) is 29.4. The maximum absolute atomic E-state index is 17.2. The Bertz CT molecular complexity index is 2070. The van der Waals surface area contributed by atoms with Crippen molar-refractivity contribution in [3.8, 4) is 17.2 Å². The standard InChI is InChI=1S/C36H33Cl2F2N5O2/c1-15(13-41)20-11-21-32(30(39)28(20)19-4-3-5-23(37)29(19)38)43-31(16(2)46)22-12-27(45(34(21)22)33-18-8-24(33)42-14-18)26-10-17-9-25(17)44(26)35(47)36(40)6-7-36/h3-5,11-12,15-18,24-26,33,42,46H,6-10,14H2,1-2H3/t15?,16?,17-,18-,24-,25-,26-,33+/m1/s1. The van der Waals surface area contributed by atoms with Crippen LogP contribution < -0.4 is 5.32 Å². The first-order valence-electron chi connectivity index (χ1n) is 16.5. The van der Waals surface area contributed by atoms with Gasteiger partial charge in [-0.05, 0) is 81.5 Å².